The van der Waals surface area contributed by atoms with Crippen LogP contribution >= 0.6 is 0 Å². The fourth-order valence-corrected chi connectivity index (χ4v) is 2.62. The number of aromatic nitrogens is 1. The van der Waals surface area contributed by atoms with Crippen molar-refractivity contribution in [3.05, 3.63) is 64.0 Å². The predicted molar refractivity (Wildman–Crippen MR) is 85.1 cm³/mol. The molecule has 1 aromatic carbocycles. The molecular formula is C18H24N2. The fraction of sp³-hybridized carbons (Fsp3) is 0.389. The number of likely N-dealkylation sites (N-methyl/N-ethyl adjacent to an activating group) is 1. The highest BCUT2D eigenvalue weighted by molar-refractivity contribution is 5.32. The Balaban J connectivity index is 2.26. The van der Waals surface area contributed by atoms with E-state index in [1.165, 1.54) is 22.3 Å². The van der Waals surface area contributed by atoms with Gasteiger partial charge in [0.25, 0.3) is 0 Å². The number of nitrogens with zero attached hydrogens (tertiary/aromatic N) is 1. The minimum atomic E-state index is 0.331. The van der Waals surface area contributed by atoms with Crippen LogP contribution in [0.2, 0.25) is 0 Å². The third-order valence-corrected chi connectivity index (χ3v) is 3.87. The van der Waals surface area contributed by atoms with E-state index in [0.29, 0.717) is 6.04 Å². The zero-order valence-corrected chi connectivity index (χ0v) is 13.1. The van der Waals surface area contributed by atoms with Crippen LogP contribution in [0.3, 0.4) is 0 Å². The average Bonchev–Trinajstić information content (AvgIpc) is 2.38. The molecule has 2 nitrogen and oxygen atoms in total. The lowest BCUT2D eigenvalue weighted by molar-refractivity contribution is 0.590. The molecule has 0 saturated heterocycles. The normalized spacial score (nSPS) is 12.4. The highest BCUT2D eigenvalue weighted by atomic mass is 14.9. The van der Waals surface area contributed by atoms with Crippen molar-refractivity contribution < 1.29 is 0 Å². The summed E-state index contributed by atoms with van der Waals surface area (Å²) >= 11 is 0. The van der Waals surface area contributed by atoms with E-state index in [-0.39, 0.29) is 0 Å². The van der Waals surface area contributed by atoms with Gasteiger partial charge in [0, 0.05) is 17.4 Å². The Morgan fingerprint density at radius 1 is 0.950 bits per heavy atom. The number of aryl methyl sites for hydroxylation is 4. The van der Waals surface area contributed by atoms with Gasteiger partial charge in [0.15, 0.2) is 0 Å². The molecule has 1 heterocycles. The Morgan fingerprint density at radius 3 is 2.15 bits per heavy atom. The van der Waals surface area contributed by atoms with Crippen molar-refractivity contribution in [3.8, 4) is 0 Å². The first kappa shape index (κ1) is 14.7. The van der Waals surface area contributed by atoms with E-state index in [1.807, 2.05) is 7.05 Å². The molecule has 0 saturated carbocycles. The second kappa shape index (κ2) is 6.19. The second-order valence-electron chi connectivity index (χ2n) is 5.65. The van der Waals surface area contributed by atoms with Crippen LogP contribution < -0.4 is 5.32 Å². The van der Waals surface area contributed by atoms with E-state index in [4.69, 9.17) is 0 Å². The summed E-state index contributed by atoms with van der Waals surface area (Å²) in [5, 5.41) is 3.43. The van der Waals surface area contributed by atoms with Crippen LogP contribution in [-0.4, -0.2) is 12.0 Å². The Hall–Kier alpha value is -1.67. The third-order valence-electron chi connectivity index (χ3n) is 3.87. The Morgan fingerprint density at radius 2 is 1.60 bits per heavy atom. The molecule has 2 aromatic rings. The predicted octanol–water partition coefficient (Wildman–Crippen LogP) is 3.82. The Kier molecular flexibility index (Phi) is 4.56. The summed E-state index contributed by atoms with van der Waals surface area (Å²) in [6.07, 6.45) is 1.00. The van der Waals surface area contributed by atoms with Crippen molar-refractivity contribution in [2.75, 3.05) is 7.05 Å². The molecule has 0 amide bonds. The van der Waals surface area contributed by atoms with Crippen LogP contribution in [-0.2, 0) is 6.42 Å². The largest absolute Gasteiger partial charge is 0.313 e. The van der Waals surface area contributed by atoms with Crippen molar-refractivity contribution in [1.29, 1.82) is 0 Å². The number of hydrogen-bond acceptors (Lipinski definition) is 2. The number of pyridine rings is 1. The molecule has 106 valence electrons. The molecule has 0 radical (unpaired) electrons. The second-order valence-corrected chi connectivity index (χ2v) is 5.65. The quantitative estimate of drug-likeness (QED) is 0.912. The highest BCUT2D eigenvalue weighted by Crippen LogP contribution is 2.21. The van der Waals surface area contributed by atoms with Crippen LogP contribution in [0, 0.1) is 27.7 Å². The first-order valence-corrected chi connectivity index (χ1v) is 7.18. The average molecular weight is 268 g/mol. The third kappa shape index (κ3) is 3.45. The maximum absolute atomic E-state index is 4.46. The lowest BCUT2D eigenvalue weighted by atomic mass is 9.96. The van der Waals surface area contributed by atoms with Crippen LogP contribution in [0.15, 0.2) is 30.3 Å². The van der Waals surface area contributed by atoms with Gasteiger partial charge >= 0.3 is 0 Å². The van der Waals surface area contributed by atoms with Crippen LogP contribution in [0.4, 0.5) is 0 Å². The van der Waals surface area contributed by atoms with Crippen LogP contribution in [0.1, 0.15) is 39.7 Å². The first-order valence-electron chi connectivity index (χ1n) is 7.18. The smallest absolute Gasteiger partial charge is 0.0379 e. The molecule has 0 fully saturated rings. The lowest BCUT2D eigenvalue weighted by Crippen LogP contribution is -2.19. The lowest BCUT2D eigenvalue weighted by Gasteiger charge is -2.18. The molecule has 0 aliphatic rings. The van der Waals surface area contributed by atoms with Gasteiger partial charge in [0.1, 0.15) is 0 Å². The van der Waals surface area contributed by atoms with E-state index in [0.717, 1.165) is 17.8 Å². The molecule has 0 aliphatic carbocycles. The number of benzene rings is 1. The molecule has 0 spiro atoms. The van der Waals surface area contributed by atoms with Gasteiger partial charge in [0.05, 0.1) is 0 Å². The van der Waals surface area contributed by atoms with Crippen LogP contribution in [0.5, 0.6) is 0 Å². The molecule has 1 atom stereocenters. The minimum absolute atomic E-state index is 0.331. The van der Waals surface area contributed by atoms with Crippen LogP contribution in [0.25, 0.3) is 0 Å². The maximum Gasteiger partial charge on any atom is 0.0379 e. The van der Waals surface area contributed by atoms with E-state index < -0.39 is 0 Å². The summed E-state index contributed by atoms with van der Waals surface area (Å²) in [6, 6.07) is 11.4. The van der Waals surface area contributed by atoms with Gasteiger partial charge in [-0.3, -0.25) is 4.98 Å². The topological polar surface area (TPSA) is 24.9 Å². The molecule has 2 rings (SSSR count). The zero-order chi connectivity index (χ0) is 14.7. The molecule has 1 unspecified atom stereocenters. The first-order chi connectivity index (χ1) is 9.49. The summed E-state index contributed by atoms with van der Waals surface area (Å²) in [5.74, 6) is 0. The van der Waals surface area contributed by atoms with Crippen molar-refractivity contribution in [1.82, 2.24) is 10.3 Å². The van der Waals surface area contributed by atoms with E-state index in [1.54, 1.807) is 0 Å². The molecule has 20 heavy (non-hydrogen) atoms. The molecular weight excluding hydrogens is 244 g/mol. The summed E-state index contributed by atoms with van der Waals surface area (Å²) in [7, 11) is 2.02. The van der Waals surface area contributed by atoms with Crippen molar-refractivity contribution in [3.63, 3.8) is 0 Å². The fourth-order valence-electron chi connectivity index (χ4n) is 2.62. The van der Waals surface area contributed by atoms with E-state index >= 15 is 0 Å². The maximum atomic E-state index is 4.46. The number of hydrogen-bond donors (Lipinski definition) is 1. The van der Waals surface area contributed by atoms with Gasteiger partial charge in [0.2, 0.25) is 0 Å². The monoisotopic (exact) mass is 268 g/mol. The molecule has 0 bridgehead atoms. The summed E-state index contributed by atoms with van der Waals surface area (Å²) in [6.45, 7) is 8.44. The number of nitrogens with one attached hydrogen (secondary N) is 1. The highest BCUT2D eigenvalue weighted by Gasteiger charge is 2.12. The van der Waals surface area contributed by atoms with Gasteiger partial charge in [-0.1, -0.05) is 18.2 Å². The molecule has 0 aliphatic heterocycles. The van der Waals surface area contributed by atoms with Gasteiger partial charge in [-0.25, -0.2) is 0 Å². The van der Waals surface area contributed by atoms with Crippen molar-refractivity contribution in [2.24, 2.45) is 0 Å². The SMILES string of the molecule is CNC(Cc1ccc(C)c(C)c1)c1cc(C)nc(C)c1. The summed E-state index contributed by atoms with van der Waals surface area (Å²) in [5.41, 5.74) is 7.57. The van der Waals surface area contributed by atoms with Gasteiger partial charge < -0.3 is 5.32 Å². The standard InChI is InChI=1S/C18H24N2/c1-12-6-7-16(8-13(12)2)11-18(19-5)17-9-14(3)20-15(4)10-17/h6-10,18-19H,11H2,1-5H3. The van der Waals surface area contributed by atoms with Gasteiger partial charge in [-0.2, -0.15) is 0 Å². The van der Waals surface area contributed by atoms with Gasteiger partial charge in [-0.05, 0) is 75.5 Å². The Labute approximate surface area is 122 Å². The Bertz CT molecular complexity index is 582. The minimum Gasteiger partial charge on any atom is -0.313 e. The molecule has 1 N–H and O–H groups in total. The molecule has 2 heteroatoms. The van der Waals surface area contributed by atoms with Gasteiger partial charge in [-0.15, -0.1) is 0 Å². The van der Waals surface area contributed by atoms with Crippen molar-refractivity contribution in [2.45, 2.75) is 40.2 Å². The molecule has 1 aromatic heterocycles. The zero-order valence-electron chi connectivity index (χ0n) is 13.1. The summed E-state index contributed by atoms with van der Waals surface area (Å²) < 4.78 is 0. The van der Waals surface area contributed by atoms with E-state index in [9.17, 15) is 0 Å². The van der Waals surface area contributed by atoms with E-state index in [2.05, 4.69) is 68.3 Å². The van der Waals surface area contributed by atoms with Crippen molar-refractivity contribution >= 4 is 0 Å². The summed E-state index contributed by atoms with van der Waals surface area (Å²) in [4.78, 5) is 4.46. The number of rotatable bonds is 4.